The van der Waals surface area contributed by atoms with Crippen molar-refractivity contribution in [2.45, 2.75) is 20.0 Å². The molecule has 2 rings (SSSR count). The highest BCUT2D eigenvalue weighted by Gasteiger charge is 2.13. The highest BCUT2D eigenvalue weighted by atomic mass is 19.1. The third kappa shape index (κ3) is 3.08. The lowest BCUT2D eigenvalue weighted by Crippen LogP contribution is -1.99. The second-order valence-corrected chi connectivity index (χ2v) is 4.59. The first kappa shape index (κ1) is 14.3. The Labute approximate surface area is 117 Å². The van der Waals surface area contributed by atoms with Crippen LogP contribution in [0.1, 0.15) is 24.2 Å². The fourth-order valence-corrected chi connectivity index (χ4v) is 1.86. The maximum Gasteiger partial charge on any atom is 0.133 e. The topological polar surface area (TPSA) is 38.7 Å². The number of hydrogen-bond donors (Lipinski definition) is 1. The zero-order valence-electron chi connectivity index (χ0n) is 11.7. The predicted molar refractivity (Wildman–Crippen MR) is 74.8 cm³/mol. The second-order valence-electron chi connectivity index (χ2n) is 4.59. The van der Waals surface area contributed by atoms with Crippen LogP contribution in [0.25, 0.3) is 0 Å². The number of hydrogen-bond acceptors (Lipinski definition) is 3. The standard InChI is InChI=1S/C16H17FO3/c1-10-8-16(14(11(2)18)9-15(10)17)20-13-6-4-12(19-3)5-7-13/h4-9,11,18H,1-3H3. The lowest BCUT2D eigenvalue weighted by molar-refractivity contribution is 0.195. The van der Waals surface area contributed by atoms with Crippen molar-refractivity contribution in [1.82, 2.24) is 0 Å². The molecule has 4 heteroatoms. The third-order valence-corrected chi connectivity index (χ3v) is 3.03. The molecule has 0 fully saturated rings. The Bertz CT molecular complexity index is 591. The Morgan fingerprint density at radius 1 is 1.10 bits per heavy atom. The van der Waals surface area contributed by atoms with Crippen molar-refractivity contribution >= 4 is 0 Å². The zero-order valence-corrected chi connectivity index (χ0v) is 11.7. The molecule has 2 aromatic carbocycles. The van der Waals surface area contributed by atoms with Crippen LogP contribution in [0.4, 0.5) is 4.39 Å². The van der Waals surface area contributed by atoms with Gasteiger partial charge in [-0.1, -0.05) is 0 Å². The van der Waals surface area contributed by atoms with Crippen LogP contribution < -0.4 is 9.47 Å². The molecule has 3 nitrogen and oxygen atoms in total. The zero-order chi connectivity index (χ0) is 14.7. The molecule has 0 spiro atoms. The highest BCUT2D eigenvalue weighted by Crippen LogP contribution is 2.32. The van der Waals surface area contributed by atoms with Crippen molar-refractivity contribution in [2.24, 2.45) is 0 Å². The van der Waals surface area contributed by atoms with Crippen LogP contribution in [0.3, 0.4) is 0 Å². The van der Waals surface area contributed by atoms with E-state index in [1.807, 2.05) is 0 Å². The van der Waals surface area contributed by atoms with Gasteiger partial charge in [0.15, 0.2) is 0 Å². The molecule has 1 atom stereocenters. The van der Waals surface area contributed by atoms with E-state index in [1.165, 1.54) is 6.07 Å². The summed E-state index contributed by atoms with van der Waals surface area (Å²) in [5.41, 5.74) is 0.891. The first-order valence-corrected chi connectivity index (χ1v) is 6.31. The van der Waals surface area contributed by atoms with Crippen LogP contribution >= 0.6 is 0 Å². The van der Waals surface area contributed by atoms with Crippen LogP contribution in [-0.4, -0.2) is 12.2 Å². The number of rotatable bonds is 4. The lowest BCUT2D eigenvalue weighted by Gasteiger charge is -2.15. The molecule has 0 aliphatic carbocycles. The largest absolute Gasteiger partial charge is 0.497 e. The van der Waals surface area contributed by atoms with Crippen molar-refractivity contribution < 1.29 is 19.0 Å². The molecule has 0 amide bonds. The van der Waals surface area contributed by atoms with E-state index in [-0.39, 0.29) is 5.82 Å². The number of aryl methyl sites for hydroxylation is 1. The van der Waals surface area contributed by atoms with Gasteiger partial charge in [-0.25, -0.2) is 4.39 Å². The van der Waals surface area contributed by atoms with Gasteiger partial charge in [0, 0.05) is 5.56 Å². The average molecular weight is 276 g/mol. The molecule has 0 aliphatic rings. The third-order valence-electron chi connectivity index (χ3n) is 3.03. The lowest BCUT2D eigenvalue weighted by atomic mass is 10.1. The van der Waals surface area contributed by atoms with Gasteiger partial charge < -0.3 is 14.6 Å². The molecule has 1 unspecified atom stereocenters. The Hall–Kier alpha value is -2.07. The molecule has 0 heterocycles. The molecule has 1 N–H and O–H groups in total. The first-order valence-electron chi connectivity index (χ1n) is 6.31. The minimum Gasteiger partial charge on any atom is -0.497 e. The molecular weight excluding hydrogens is 259 g/mol. The van der Waals surface area contributed by atoms with Gasteiger partial charge in [0.05, 0.1) is 13.2 Å². The van der Waals surface area contributed by atoms with Gasteiger partial charge in [-0.2, -0.15) is 0 Å². The van der Waals surface area contributed by atoms with E-state index >= 15 is 0 Å². The van der Waals surface area contributed by atoms with E-state index in [2.05, 4.69) is 0 Å². The SMILES string of the molecule is COc1ccc(Oc2cc(C)c(F)cc2C(C)O)cc1. The van der Waals surface area contributed by atoms with Crippen LogP contribution in [0.2, 0.25) is 0 Å². The van der Waals surface area contributed by atoms with Crippen molar-refractivity contribution in [3.05, 3.63) is 53.3 Å². The van der Waals surface area contributed by atoms with Gasteiger partial charge in [0.2, 0.25) is 0 Å². The number of ether oxygens (including phenoxy) is 2. The molecule has 0 saturated heterocycles. The number of halogens is 1. The molecule has 0 bridgehead atoms. The van der Waals surface area contributed by atoms with Crippen LogP contribution in [-0.2, 0) is 0 Å². The van der Waals surface area contributed by atoms with Crippen molar-refractivity contribution in [2.75, 3.05) is 7.11 Å². The minimum absolute atomic E-state index is 0.358. The van der Waals surface area contributed by atoms with Crippen LogP contribution in [0.15, 0.2) is 36.4 Å². The average Bonchev–Trinajstić information content (AvgIpc) is 2.43. The summed E-state index contributed by atoms with van der Waals surface area (Å²) >= 11 is 0. The molecule has 2 aromatic rings. The summed E-state index contributed by atoms with van der Waals surface area (Å²) in [4.78, 5) is 0. The number of methoxy groups -OCH3 is 1. The van der Waals surface area contributed by atoms with Gasteiger partial charge in [-0.15, -0.1) is 0 Å². The van der Waals surface area contributed by atoms with Crippen molar-refractivity contribution in [3.8, 4) is 17.2 Å². The summed E-state index contributed by atoms with van der Waals surface area (Å²) in [6.07, 6.45) is -0.807. The van der Waals surface area contributed by atoms with Crippen LogP contribution in [0, 0.1) is 12.7 Å². The fraction of sp³-hybridized carbons (Fsp3) is 0.250. The Balaban J connectivity index is 2.33. The van der Waals surface area contributed by atoms with Crippen LogP contribution in [0.5, 0.6) is 17.2 Å². The van der Waals surface area contributed by atoms with Gasteiger partial charge in [0.1, 0.15) is 23.1 Å². The number of benzene rings is 2. The summed E-state index contributed by atoms with van der Waals surface area (Å²) in [7, 11) is 1.59. The summed E-state index contributed by atoms with van der Waals surface area (Å²) < 4.78 is 24.4. The molecule has 0 aliphatic heterocycles. The quantitative estimate of drug-likeness (QED) is 0.917. The van der Waals surface area contributed by atoms with Crippen molar-refractivity contribution in [3.63, 3.8) is 0 Å². The Morgan fingerprint density at radius 2 is 1.70 bits per heavy atom. The van der Waals surface area contributed by atoms with E-state index in [0.29, 0.717) is 22.6 Å². The molecule has 0 radical (unpaired) electrons. The smallest absolute Gasteiger partial charge is 0.133 e. The normalized spacial score (nSPS) is 12.1. The van der Waals surface area contributed by atoms with E-state index in [9.17, 15) is 9.50 Å². The molecule has 20 heavy (non-hydrogen) atoms. The minimum atomic E-state index is -0.807. The van der Waals surface area contributed by atoms with E-state index in [1.54, 1.807) is 51.3 Å². The van der Waals surface area contributed by atoms with E-state index in [0.717, 1.165) is 5.75 Å². The predicted octanol–water partition coefficient (Wildman–Crippen LogP) is 3.99. The maximum atomic E-state index is 13.6. The fourth-order valence-electron chi connectivity index (χ4n) is 1.86. The summed E-state index contributed by atoms with van der Waals surface area (Å²) in [6, 6.07) is 9.94. The van der Waals surface area contributed by atoms with Gasteiger partial charge in [0.25, 0.3) is 0 Å². The Kier molecular flexibility index (Phi) is 4.25. The summed E-state index contributed by atoms with van der Waals surface area (Å²) in [5, 5.41) is 9.71. The molecular formula is C16H17FO3. The number of aliphatic hydroxyl groups excluding tert-OH is 1. The van der Waals surface area contributed by atoms with Gasteiger partial charge in [-0.05, 0) is 55.8 Å². The number of aliphatic hydroxyl groups is 1. The van der Waals surface area contributed by atoms with E-state index in [4.69, 9.17) is 9.47 Å². The second kappa shape index (κ2) is 5.92. The summed E-state index contributed by atoms with van der Waals surface area (Å²) in [6.45, 7) is 3.23. The van der Waals surface area contributed by atoms with Gasteiger partial charge >= 0.3 is 0 Å². The van der Waals surface area contributed by atoms with Crippen molar-refractivity contribution in [1.29, 1.82) is 0 Å². The molecule has 106 valence electrons. The summed E-state index contributed by atoms with van der Waals surface area (Å²) in [5.74, 6) is 1.41. The molecule has 0 aromatic heterocycles. The first-order chi connectivity index (χ1) is 9.51. The van der Waals surface area contributed by atoms with E-state index < -0.39 is 6.10 Å². The van der Waals surface area contributed by atoms with Gasteiger partial charge in [-0.3, -0.25) is 0 Å². The molecule has 0 saturated carbocycles. The monoisotopic (exact) mass is 276 g/mol. The Morgan fingerprint density at radius 3 is 2.25 bits per heavy atom. The highest BCUT2D eigenvalue weighted by molar-refractivity contribution is 5.43. The maximum absolute atomic E-state index is 13.6.